The lowest BCUT2D eigenvalue weighted by molar-refractivity contribution is -0.152. The van der Waals surface area contributed by atoms with E-state index in [1.807, 2.05) is 30.7 Å². The number of rotatable bonds is 8. The second kappa shape index (κ2) is 7.28. The second-order valence-electron chi connectivity index (χ2n) is 4.70. The molecule has 0 saturated heterocycles. The van der Waals surface area contributed by atoms with E-state index < -0.39 is 11.4 Å². The number of hydrogen-bond donors (Lipinski definition) is 2. The quantitative estimate of drug-likeness (QED) is 0.771. The van der Waals surface area contributed by atoms with Crippen LogP contribution in [0.5, 0.6) is 0 Å². The zero-order valence-electron chi connectivity index (χ0n) is 11.4. The molecule has 1 rings (SSSR count). The van der Waals surface area contributed by atoms with E-state index >= 15 is 0 Å². The Morgan fingerprint density at radius 3 is 2.53 bits per heavy atom. The van der Waals surface area contributed by atoms with Crippen molar-refractivity contribution in [2.75, 3.05) is 6.54 Å². The van der Waals surface area contributed by atoms with Gasteiger partial charge in [-0.25, -0.2) is 0 Å². The molecule has 4 nitrogen and oxygen atoms in total. The normalized spacial score (nSPS) is 11.3. The minimum Gasteiger partial charge on any atom is -0.481 e. The number of carbonyl (C=O) groups excluding carboxylic acids is 1. The van der Waals surface area contributed by atoms with Gasteiger partial charge in [0.1, 0.15) is 0 Å². The van der Waals surface area contributed by atoms with Gasteiger partial charge < -0.3 is 10.4 Å². The molecule has 19 heavy (non-hydrogen) atoms. The third kappa shape index (κ3) is 4.35. The van der Waals surface area contributed by atoms with Gasteiger partial charge in [0.05, 0.1) is 5.41 Å². The molecule has 1 aromatic heterocycles. The fourth-order valence-electron chi connectivity index (χ4n) is 2.03. The third-order valence-electron chi connectivity index (χ3n) is 3.62. The molecule has 0 bridgehead atoms. The van der Waals surface area contributed by atoms with Crippen LogP contribution in [-0.4, -0.2) is 23.5 Å². The van der Waals surface area contributed by atoms with Crippen LogP contribution < -0.4 is 5.32 Å². The van der Waals surface area contributed by atoms with Crippen molar-refractivity contribution in [3.05, 3.63) is 22.4 Å². The second-order valence-corrected chi connectivity index (χ2v) is 5.48. The van der Waals surface area contributed by atoms with Crippen LogP contribution in [-0.2, 0) is 16.0 Å². The van der Waals surface area contributed by atoms with E-state index in [1.54, 1.807) is 11.3 Å². The molecule has 5 heteroatoms. The molecular weight excluding hydrogens is 262 g/mol. The van der Waals surface area contributed by atoms with Crippen molar-refractivity contribution in [3.8, 4) is 0 Å². The van der Waals surface area contributed by atoms with E-state index in [0.717, 1.165) is 6.42 Å². The Labute approximate surface area is 117 Å². The summed E-state index contributed by atoms with van der Waals surface area (Å²) in [6.45, 7) is 4.19. The molecule has 1 amide bonds. The van der Waals surface area contributed by atoms with Gasteiger partial charge in [-0.3, -0.25) is 9.59 Å². The van der Waals surface area contributed by atoms with Gasteiger partial charge in [0.25, 0.3) is 0 Å². The van der Waals surface area contributed by atoms with E-state index in [1.165, 1.54) is 5.56 Å². The van der Waals surface area contributed by atoms with Crippen molar-refractivity contribution < 1.29 is 14.7 Å². The van der Waals surface area contributed by atoms with Crippen molar-refractivity contribution in [2.24, 2.45) is 5.41 Å². The molecule has 0 atom stereocenters. The highest BCUT2D eigenvalue weighted by atomic mass is 32.1. The first-order chi connectivity index (χ1) is 9.04. The maximum atomic E-state index is 11.8. The van der Waals surface area contributed by atoms with Gasteiger partial charge in [-0.2, -0.15) is 11.3 Å². The monoisotopic (exact) mass is 283 g/mol. The summed E-state index contributed by atoms with van der Waals surface area (Å²) in [5.41, 5.74) is 0.271. The first kappa shape index (κ1) is 15.7. The van der Waals surface area contributed by atoms with Gasteiger partial charge in [0.15, 0.2) is 0 Å². The van der Waals surface area contributed by atoms with E-state index in [0.29, 0.717) is 19.4 Å². The standard InChI is InChI=1S/C14H21NO3S/c1-3-14(4-2,13(17)18)9-12(16)15-7-5-11-6-8-19-10-11/h6,8,10H,3-5,7,9H2,1-2H3,(H,15,16)(H,17,18). The molecule has 2 N–H and O–H groups in total. The smallest absolute Gasteiger partial charge is 0.310 e. The van der Waals surface area contributed by atoms with E-state index in [4.69, 9.17) is 0 Å². The Morgan fingerprint density at radius 1 is 1.37 bits per heavy atom. The number of hydrogen-bond acceptors (Lipinski definition) is 3. The number of amides is 1. The van der Waals surface area contributed by atoms with Crippen LogP contribution in [0.25, 0.3) is 0 Å². The van der Waals surface area contributed by atoms with Gasteiger partial charge >= 0.3 is 5.97 Å². The van der Waals surface area contributed by atoms with Crippen molar-refractivity contribution in [2.45, 2.75) is 39.5 Å². The number of carboxylic acid groups (broad SMARTS) is 1. The Bertz CT molecular complexity index is 410. The number of thiophene rings is 1. The van der Waals surface area contributed by atoms with Crippen LogP contribution in [0.3, 0.4) is 0 Å². The Hall–Kier alpha value is -1.36. The molecule has 0 fully saturated rings. The molecule has 0 spiro atoms. The molecule has 0 aromatic carbocycles. The predicted molar refractivity (Wildman–Crippen MR) is 76.3 cm³/mol. The van der Waals surface area contributed by atoms with Crippen LogP contribution in [0.4, 0.5) is 0 Å². The maximum Gasteiger partial charge on any atom is 0.310 e. The Balaban J connectivity index is 2.43. The molecular formula is C14H21NO3S. The first-order valence-electron chi connectivity index (χ1n) is 6.55. The summed E-state index contributed by atoms with van der Waals surface area (Å²) in [4.78, 5) is 23.1. The summed E-state index contributed by atoms with van der Waals surface area (Å²) in [5.74, 6) is -1.06. The van der Waals surface area contributed by atoms with Crippen LogP contribution in [0.2, 0.25) is 0 Å². The van der Waals surface area contributed by atoms with Gasteiger partial charge in [-0.05, 0) is 41.7 Å². The lowest BCUT2D eigenvalue weighted by Gasteiger charge is -2.25. The van der Waals surface area contributed by atoms with E-state index in [-0.39, 0.29) is 12.3 Å². The maximum absolute atomic E-state index is 11.8. The van der Waals surface area contributed by atoms with E-state index in [9.17, 15) is 14.7 Å². The SMILES string of the molecule is CCC(CC)(CC(=O)NCCc1ccsc1)C(=O)O. The van der Waals surface area contributed by atoms with Gasteiger partial charge in [-0.15, -0.1) is 0 Å². The van der Waals surface area contributed by atoms with Crippen LogP contribution in [0.15, 0.2) is 16.8 Å². The van der Waals surface area contributed by atoms with Crippen molar-refractivity contribution >= 4 is 23.2 Å². The molecule has 0 aliphatic rings. The predicted octanol–water partition coefficient (Wildman–Crippen LogP) is 2.69. The highest BCUT2D eigenvalue weighted by Crippen LogP contribution is 2.30. The van der Waals surface area contributed by atoms with Crippen molar-refractivity contribution in [1.82, 2.24) is 5.32 Å². The minimum absolute atomic E-state index is 0.0545. The number of aliphatic carboxylic acids is 1. The average molecular weight is 283 g/mol. The lowest BCUT2D eigenvalue weighted by Crippen LogP contribution is -2.37. The topological polar surface area (TPSA) is 66.4 Å². The van der Waals surface area contributed by atoms with Crippen molar-refractivity contribution in [3.63, 3.8) is 0 Å². The summed E-state index contributed by atoms with van der Waals surface area (Å²) in [5, 5.41) is 16.1. The molecule has 0 aliphatic heterocycles. The third-order valence-corrected chi connectivity index (χ3v) is 4.35. The summed E-state index contributed by atoms with van der Waals surface area (Å²) < 4.78 is 0. The average Bonchev–Trinajstić information content (AvgIpc) is 2.89. The summed E-state index contributed by atoms with van der Waals surface area (Å²) in [6, 6.07) is 2.02. The number of carbonyl (C=O) groups is 2. The molecule has 0 unspecified atom stereocenters. The highest BCUT2D eigenvalue weighted by molar-refractivity contribution is 7.07. The summed E-state index contributed by atoms with van der Waals surface area (Å²) >= 11 is 1.63. The molecule has 106 valence electrons. The summed E-state index contributed by atoms with van der Waals surface area (Å²) in [6.07, 6.45) is 1.78. The van der Waals surface area contributed by atoms with Gasteiger partial charge in [0, 0.05) is 13.0 Å². The van der Waals surface area contributed by atoms with Crippen LogP contribution in [0.1, 0.15) is 38.7 Å². The van der Waals surface area contributed by atoms with E-state index in [2.05, 4.69) is 5.32 Å². The Morgan fingerprint density at radius 2 is 2.05 bits per heavy atom. The Kier molecular flexibility index (Phi) is 6.02. The zero-order valence-corrected chi connectivity index (χ0v) is 12.3. The summed E-state index contributed by atoms with van der Waals surface area (Å²) in [7, 11) is 0. The first-order valence-corrected chi connectivity index (χ1v) is 7.49. The molecule has 0 radical (unpaired) electrons. The lowest BCUT2D eigenvalue weighted by atomic mass is 9.79. The fourth-order valence-corrected chi connectivity index (χ4v) is 2.73. The molecule has 1 heterocycles. The fraction of sp³-hybridized carbons (Fsp3) is 0.571. The molecule has 1 aromatic rings. The van der Waals surface area contributed by atoms with Gasteiger partial charge in [0.2, 0.25) is 5.91 Å². The molecule has 0 aliphatic carbocycles. The van der Waals surface area contributed by atoms with Gasteiger partial charge in [-0.1, -0.05) is 13.8 Å². The zero-order chi connectivity index (χ0) is 14.3. The van der Waals surface area contributed by atoms with Crippen LogP contribution >= 0.6 is 11.3 Å². The number of carboxylic acids is 1. The molecule has 0 saturated carbocycles. The number of nitrogens with one attached hydrogen (secondary N) is 1. The van der Waals surface area contributed by atoms with Crippen LogP contribution in [0, 0.1) is 5.41 Å². The minimum atomic E-state index is -0.924. The van der Waals surface area contributed by atoms with Crippen molar-refractivity contribution in [1.29, 1.82) is 0 Å². The highest BCUT2D eigenvalue weighted by Gasteiger charge is 2.36. The largest absolute Gasteiger partial charge is 0.481 e.